The number of carbonyl (C=O) groups excluding carboxylic acids is 1. The van der Waals surface area contributed by atoms with Crippen LogP contribution in [-0.2, 0) is 16.0 Å². The van der Waals surface area contributed by atoms with Gasteiger partial charge in [0.1, 0.15) is 0 Å². The number of likely N-dealkylation sites (N-methyl/N-ethyl adjacent to an activating group) is 1. The van der Waals surface area contributed by atoms with Gasteiger partial charge >= 0.3 is 5.97 Å². The minimum atomic E-state index is -0.510. The van der Waals surface area contributed by atoms with Crippen LogP contribution in [0.3, 0.4) is 0 Å². The Kier molecular flexibility index (Phi) is 7.41. The van der Waals surface area contributed by atoms with Crippen LogP contribution in [0, 0.1) is 11.8 Å². The van der Waals surface area contributed by atoms with Crippen molar-refractivity contribution < 1.29 is 14.6 Å². The number of carbonyl (C=O) groups is 1. The van der Waals surface area contributed by atoms with Crippen molar-refractivity contribution in [3.8, 4) is 11.8 Å². The summed E-state index contributed by atoms with van der Waals surface area (Å²) in [4.78, 5) is 13.0. The van der Waals surface area contributed by atoms with Gasteiger partial charge in [-0.25, -0.2) is 4.79 Å². The molecule has 0 saturated heterocycles. The summed E-state index contributed by atoms with van der Waals surface area (Å²) in [6.07, 6.45) is 0.745. The van der Waals surface area contributed by atoms with Gasteiger partial charge in [0, 0.05) is 12.0 Å². The molecule has 0 fully saturated rings. The summed E-state index contributed by atoms with van der Waals surface area (Å²) in [6, 6.07) is 9.95. The van der Waals surface area contributed by atoms with Crippen LogP contribution in [0.5, 0.6) is 0 Å². The molecule has 0 bridgehead atoms. The van der Waals surface area contributed by atoms with Crippen LogP contribution in [0.4, 0.5) is 0 Å². The first kappa shape index (κ1) is 16.2. The van der Waals surface area contributed by atoms with Gasteiger partial charge in [0.05, 0.1) is 19.8 Å². The summed E-state index contributed by atoms with van der Waals surface area (Å²) in [7, 11) is 1.88. The summed E-state index contributed by atoms with van der Waals surface area (Å²) in [5, 5.41) is 9.47. The van der Waals surface area contributed by atoms with Gasteiger partial charge in [0.2, 0.25) is 0 Å². The van der Waals surface area contributed by atoms with Gasteiger partial charge in [0.15, 0.2) is 0 Å². The van der Waals surface area contributed by atoms with E-state index in [1.54, 1.807) is 6.92 Å². The molecule has 1 aromatic rings. The van der Waals surface area contributed by atoms with Crippen LogP contribution in [0.15, 0.2) is 30.3 Å². The van der Waals surface area contributed by atoms with Crippen molar-refractivity contribution in [1.29, 1.82) is 0 Å². The zero-order chi connectivity index (χ0) is 14.8. The molecule has 0 heterocycles. The van der Waals surface area contributed by atoms with E-state index in [2.05, 4.69) is 11.8 Å². The van der Waals surface area contributed by atoms with Gasteiger partial charge in [-0.1, -0.05) is 36.3 Å². The van der Waals surface area contributed by atoms with Crippen molar-refractivity contribution in [1.82, 2.24) is 4.90 Å². The maximum Gasteiger partial charge on any atom is 0.384 e. The van der Waals surface area contributed by atoms with Crippen molar-refractivity contribution in [3.63, 3.8) is 0 Å². The van der Waals surface area contributed by atoms with Crippen molar-refractivity contribution in [2.75, 3.05) is 26.8 Å². The van der Waals surface area contributed by atoms with E-state index in [9.17, 15) is 9.90 Å². The monoisotopic (exact) mass is 275 g/mol. The van der Waals surface area contributed by atoms with Crippen molar-refractivity contribution >= 4 is 5.97 Å². The van der Waals surface area contributed by atoms with Crippen LogP contribution in [0.25, 0.3) is 0 Å². The van der Waals surface area contributed by atoms with Gasteiger partial charge in [-0.3, -0.25) is 4.90 Å². The van der Waals surface area contributed by atoms with Gasteiger partial charge in [0.25, 0.3) is 0 Å². The van der Waals surface area contributed by atoms with Crippen LogP contribution >= 0.6 is 0 Å². The van der Waals surface area contributed by atoms with E-state index in [0.29, 0.717) is 13.2 Å². The first-order chi connectivity index (χ1) is 9.67. The Morgan fingerprint density at radius 2 is 2.10 bits per heavy atom. The number of hydrogen-bond acceptors (Lipinski definition) is 4. The average Bonchev–Trinajstić information content (AvgIpc) is 2.46. The van der Waals surface area contributed by atoms with E-state index in [-0.39, 0.29) is 12.6 Å². The quantitative estimate of drug-likeness (QED) is 0.480. The van der Waals surface area contributed by atoms with E-state index in [1.807, 2.05) is 42.3 Å². The highest BCUT2D eigenvalue weighted by Gasteiger charge is 2.13. The third-order valence-electron chi connectivity index (χ3n) is 2.94. The minimum absolute atomic E-state index is 0.0195. The van der Waals surface area contributed by atoms with Gasteiger partial charge in [-0.05, 0) is 26.0 Å². The van der Waals surface area contributed by atoms with E-state index in [0.717, 1.165) is 12.0 Å². The molecule has 1 atom stereocenters. The first-order valence-corrected chi connectivity index (χ1v) is 6.68. The molecule has 0 radical (unpaired) electrons. The Hall–Kier alpha value is -1.83. The topological polar surface area (TPSA) is 49.8 Å². The minimum Gasteiger partial charge on any atom is -0.456 e. The van der Waals surface area contributed by atoms with E-state index in [1.165, 1.54) is 0 Å². The standard InChI is InChI=1S/C16H21NO3/c1-3-20-16(19)10-7-11-17(2)15(13-18)12-14-8-5-4-6-9-14/h4-6,8-9,15,18H,3,11-13H2,1-2H3/t15-/m0/s1. The molecular formula is C16H21NO3. The number of nitrogens with zero attached hydrogens (tertiary/aromatic N) is 1. The fourth-order valence-corrected chi connectivity index (χ4v) is 1.78. The molecule has 0 saturated carbocycles. The van der Waals surface area contributed by atoms with Crippen molar-refractivity contribution in [2.24, 2.45) is 0 Å². The number of ether oxygens (including phenoxy) is 1. The summed E-state index contributed by atoms with van der Waals surface area (Å²) in [5.74, 6) is 4.67. The smallest absolute Gasteiger partial charge is 0.384 e. The number of benzene rings is 1. The summed E-state index contributed by atoms with van der Waals surface area (Å²) in [5.41, 5.74) is 1.16. The predicted molar refractivity (Wildman–Crippen MR) is 78.1 cm³/mol. The SMILES string of the molecule is CCOC(=O)C#CCN(C)[C@H](CO)Cc1ccccc1. The number of hydrogen-bond donors (Lipinski definition) is 1. The van der Waals surface area contributed by atoms with E-state index < -0.39 is 5.97 Å². The number of esters is 1. The Morgan fingerprint density at radius 1 is 1.40 bits per heavy atom. The number of rotatable bonds is 6. The van der Waals surface area contributed by atoms with Crippen LogP contribution in [-0.4, -0.2) is 48.8 Å². The molecule has 4 nitrogen and oxygen atoms in total. The fraction of sp³-hybridized carbons (Fsp3) is 0.438. The Labute approximate surface area is 120 Å². The molecule has 20 heavy (non-hydrogen) atoms. The average molecular weight is 275 g/mol. The van der Waals surface area contributed by atoms with Crippen LogP contribution < -0.4 is 0 Å². The second kappa shape index (κ2) is 9.13. The molecule has 1 aromatic carbocycles. The lowest BCUT2D eigenvalue weighted by atomic mass is 10.1. The molecule has 4 heteroatoms. The maximum atomic E-state index is 11.1. The molecule has 108 valence electrons. The molecule has 0 aliphatic rings. The lowest BCUT2D eigenvalue weighted by Crippen LogP contribution is -2.36. The van der Waals surface area contributed by atoms with Crippen molar-refractivity contribution in [2.45, 2.75) is 19.4 Å². The Balaban J connectivity index is 2.50. The summed E-state index contributed by atoms with van der Waals surface area (Å²) in [6.45, 7) is 2.54. The molecule has 0 aliphatic heterocycles. The van der Waals surface area contributed by atoms with Gasteiger partial charge < -0.3 is 9.84 Å². The highest BCUT2D eigenvalue weighted by atomic mass is 16.5. The van der Waals surface area contributed by atoms with Crippen LogP contribution in [0.2, 0.25) is 0 Å². The van der Waals surface area contributed by atoms with Gasteiger partial charge in [-0.15, -0.1) is 0 Å². The van der Waals surface area contributed by atoms with E-state index >= 15 is 0 Å². The van der Waals surface area contributed by atoms with Crippen molar-refractivity contribution in [3.05, 3.63) is 35.9 Å². The lowest BCUT2D eigenvalue weighted by molar-refractivity contribution is -0.136. The summed E-state index contributed by atoms with van der Waals surface area (Å²) < 4.78 is 4.73. The highest BCUT2D eigenvalue weighted by Crippen LogP contribution is 2.07. The third kappa shape index (κ3) is 5.87. The molecule has 0 unspecified atom stereocenters. The number of aliphatic hydroxyl groups is 1. The predicted octanol–water partition coefficient (Wildman–Crippen LogP) is 1.09. The molecule has 0 aromatic heterocycles. The number of aliphatic hydroxyl groups excluding tert-OH is 1. The fourth-order valence-electron chi connectivity index (χ4n) is 1.78. The second-order valence-electron chi connectivity index (χ2n) is 4.46. The first-order valence-electron chi connectivity index (χ1n) is 6.68. The lowest BCUT2D eigenvalue weighted by Gasteiger charge is -2.24. The zero-order valence-electron chi connectivity index (χ0n) is 12.0. The second-order valence-corrected chi connectivity index (χ2v) is 4.46. The molecule has 0 spiro atoms. The largest absolute Gasteiger partial charge is 0.456 e. The van der Waals surface area contributed by atoms with Crippen LogP contribution in [0.1, 0.15) is 12.5 Å². The third-order valence-corrected chi connectivity index (χ3v) is 2.94. The van der Waals surface area contributed by atoms with Gasteiger partial charge in [-0.2, -0.15) is 0 Å². The molecule has 1 rings (SSSR count). The highest BCUT2D eigenvalue weighted by molar-refractivity contribution is 5.88. The maximum absolute atomic E-state index is 11.1. The molecule has 1 N–H and O–H groups in total. The van der Waals surface area contributed by atoms with E-state index in [4.69, 9.17) is 4.74 Å². The molecule has 0 aliphatic carbocycles. The molecular weight excluding hydrogens is 254 g/mol. The zero-order valence-corrected chi connectivity index (χ0v) is 12.0. The normalized spacial score (nSPS) is 11.6. The molecule has 0 amide bonds. The Bertz CT molecular complexity index is 462. The Morgan fingerprint density at radius 3 is 2.70 bits per heavy atom. The summed E-state index contributed by atoms with van der Waals surface area (Å²) >= 11 is 0.